The fraction of sp³-hybridized carbons (Fsp3) is 0.190. The Morgan fingerprint density at radius 2 is 1.63 bits per heavy atom. The van der Waals surface area contributed by atoms with Crippen LogP contribution in [0.1, 0.15) is 16.7 Å². The third-order valence-electron chi connectivity index (χ3n) is 4.02. The van der Waals surface area contributed by atoms with Crippen molar-refractivity contribution in [2.45, 2.75) is 24.5 Å². The van der Waals surface area contributed by atoms with Crippen molar-refractivity contribution < 1.29 is 13.2 Å². The van der Waals surface area contributed by atoms with Crippen LogP contribution in [0.5, 0.6) is 0 Å². The lowest BCUT2D eigenvalue weighted by atomic mass is 10.1. The van der Waals surface area contributed by atoms with Gasteiger partial charge in [0, 0.05) is 23.8 Å². The fourth-order valence-electron chi connectivity index (χ4n) is 2.86. The highest BCUT2D eigenvalue weighted by atomic mass is 32.2. The number of carbonyl (C=O) groups excluding carboxylic acids is 1. The van der Waals surface area contributed by atoms with E-state index in [1.807, 2.05) is 0 Å². The molecule has 0 saturated carbocycles. The molecule has 9 heteroatoms. The quantitative estimate of drug-likeness (QED) is 0.551. The Hall–Kier alpha value is -2.91. The summed E-state index contributed by atoms with van der Waals surface area (Å²) in [6, 6.07) is 13.9. The molecule has 1 amide bonds. The Balaban J connectivity index is 1.52. The van der Waals surface area contributed by atoms with Crippen molar-refractivity contribution in [3.8, 4) is 0 Å². The van der Waals surface area contributed by atoms with Crippen molar-refractivity contribution >= 4 is 39.3 Å². The van der Waals surface area contributed by atoms with Crippen molar-refractivity contribution in [2.75, 3.05) is 15.8 Å². The number of amides is 1. The standard InChI is InChI=1S/C21H22N4O3S2/c1-15-10-16(2)12-17(11-15)13-29-14-20(26)24-18-4-6-19(7-5-18)30(27,28)25-21-22-8-3-9-23-21/h3-12H,13-14H2,1-2H3,(H,24,26)(H,22,23,25). The Morgan fingerprint density at radius 1 is 1.00 bits per heavy atom. The summed E-state index contributed by atoms with van der Waals surface area (Å²) in [6.45, 7) is 4.11. The highest BCUT2D eigenvalue weighted by molar-refractivity contribution is 7.99. The molecule has 2 N–H and O–H groups in total. The van der Waals surface area contributed by atoms with E-state index in [4.69, 9.17) is 0 Å². The van der Waals surface area contributed by atoms with E-state index in [9.17, 15) is 13.2 Å². The first-order valence-corrected chi connectivity index (χ1v) is 11.8. The molecule has 0 radical (unpaired) electrons. The summed E-state index contributed by atoms with van der Waals surface area (Å²) in [4.78, 5) is 19.9. The molecule has 3 aromatic rings. The largest absolute Gasteiger partial charge is 0.325 e. The van der Waals surface area contributed by atoms with Crippen LogP contribution in [0.4, 0.5) is 11.6 Å². The molecule has 0 bridgehead atoms. The Kier molecular flexibility index (Phi) is 7.07. The molecular weight excluding hydrogens is 420 g/mol. The summed E-state index contributed by atoms with van der Waals surface area (Å²) < 4.78 is 27.1. The maximum atomic E-state index is 12.4. The van der Waals surface area contributed by atoms with E-state index < -0.39 is 10.0 Å². The molecule has 0 aliphatic carbocycles. The molecular formula is C21H22N4O3S2. The summed E-state index contributed by atoms with van der Waals surface area (Å²) >= 11 is 1.53. The number of hydrogen-bond donors (Lipinski definition) is 2. The zero-order valence-corrected chi connectivity index (χ0v) is 18.3. The monoisotopic (exact) mass is 442 g/mol. The Labute approximate surface area is 180 Å². The van der Waals surface area contributed by atoms with E-state index in [1.165, 1.54) is 53.0 Å². The van der Waals surface area contributed by atoms with Gasteiger partial charge in [-0.25, -0.2) is 23.1 Å². The second-order valence-corrected chi connectivity index (χ2v) is 9.41. The van der Waals surface area contributed by atoms with Crippen LogP contribution >= 0.6 is 11.8 Å². The van der Waals surface area contributed by atoms with Crippen molar-refractivity contribution in [1.82, 2.24) is 9.97 Å². The molecule has 156 valence electrons. The average Bonchev–Trinajstić information content (AvgIpc) is 2.68. The second-order valence-electron chi connectivity index (χ2n) is 6.74. The van der Waals surface area contributed by atoms with Gasteiger partial charge >= 0.3 is 0 Å². The predicted octanol–water partition coefficient (Wildman–Crippen LogP) is 3.77. The molecule has 0 aliphatic heterocycles. The minimum atomic E-state index is -3.80. The molecule has 7 nitrogen and oxygen atoms in total. The van der Waals surface area contributed by atoms with Gasteiger partial charge in [0.05, 0.1) is 10.6 Å². The normalized spacial score (nSPS) is 11.1. The molecule has 2 aromatic carbocycles. The van der Waals surface area contributed by atoms with Gasteiger partial charge in [-0.15, -0.1) is 11.8 Å². The predicted molar refractivity (Wildman–Crippen MR) is 120 cm³/mol. The van der Waals surface area contributed by atoms with Gasteiger partial charge in [0.25, 0.3) is 10.0 Å². The number of aryl methyl sites for hydroxylation is 2. The fourth-order valence-corrected chi connectivity index (χ4v) is 4.58. The molecule has 30 heavy (non-hydrogen) atoms. The summed E-state index contributed by atoms with van der Waals surface area (Å²) in [5, 5.41) is 2.78. The summed E-state index contributed by atoms with van der Waals surface area (Å²) in [7, 11) is -3.80. The van der Waals surface area contributed by atoms with Gasteiger partial charge in [0.15, 0.2) is 0 Å². The summed E-state index contributed by atoms with van der Waals surface area (Å²) in [5.74, 6) is 0.909. The minimum absolute atomic E-state index is 0.00397. The van der Waals surface area contributed by atoms with Crippen LogP contribution in [0.3, 0.4) is 0 Å². The SMILES string of the molecule is Cc1cc(C)cc(CSCC(=O)Nc2ccc(S(=O)(=O)Nc3ncccn3)cc2)c1. The summed E-state index contributed by atoms with van der Waals surface area (Å²) in [5.41, 5.74) is 4.13. The number of hydrogen-bond acceptors (Lipinski definition) is 6. The summed E-state index contributed by atoms with van der Waals surface area (Å²) in [6.07, 6.45) is 2.89. The van der Waals surface area contributed by atoms with Gasteiger partial charge in [-0.2, -0.15) is 0 Å². The van der Waals surface area contributed by atoms with Crippen molar-refractivity contribution in [3.05, 3.63) is 77.6 Å². The highest BCUT2D eigenvalue weighted by Crippen LogP contribution is 2.18. The maximum Gasteiger partial charge on any atom is 0.264 e. The second kappa shape index (κ2) is 9.73. The van der Waals surface area contributed by atoms with Crippen LogP contribution in [0.25, 0.3) is 0 Å². The van der Waals surface area contributed by atoms with E-state index in [2.05, 4.69) is 52.1 Å². The van der Waals surface area contributed by atoms with E-state index in [0.717, 1.165) is 5.75 Å². The third-order valence-corrected chi connectivity index (χ3v) is 6.37. The molecule has 0 unspecified atom stereocenters. The lowest BCUT2D eigenvalue weighted by Crippen LogP contribution is -2.16. The van der Waals surface area contributed by atoms with Crippen molar-refractivity contribution in [1.29, 1.82) is 0 Å². The van der Waals surface area contributed by atoms with Gasteiger partial charge in [-0.05, 0) is 49.7 Å². The van der Waals surface area contributed by atoms with Crippen LogP contribution < -0.4 is 10.0 Å². The lowest BCUT2D eigenvalue weighted by Gasteiger charge is -2.09. The maximum absolute atomic E-state index is 12.4. The van der Waals surface area contributed by atoms with Gasteiger partial charge in [-0.1, -0.05) is 29.3 Å². The number of rotatable bonds is 8. The highest BCUT2D eigenvalue weighted by Gasteiger charge is 2.15. The number of aromatic nitrogens is 2. The van der Waals surface area contributed by atoms with Crippen molar-refractivity contribution in [2.24, 2.45) is 0 Å². The van der Waals surface area contributed by atoms with E-state index in [0.29, 0.717) is 11.4 Å². The van der Waals surface area contributed by atoms with Crippen LogP contribution in [-0.2, 0) is 20.6 Å². The smallest absolute Gasteiger partial charge is 0.264 e. The number of anilines is 2. The van der Waals surface area contributed by atoms with Gasteiger partial charge in [0.1, 0.15) is 0 Å². The number of benzene rings is 2. The Morgan fingerprint density at radius 3 is 2.27 bits per heavy atom. The number of nitrogens with zero attached hydrogens (tertiary/aromatic N) is 2. The van der Waals surface area contributed by atoms with Gasteiger partial charge in [-0.3, -0.25) is 4.79 Å². The topological polar surface area (TPSA) is 101 Å². The van der Waals surface area contributed by atoms with Crippen LogP contribution in [0.2, 0.25) is 0 Å². The molecule has 0 spiro atoms. The first-order valence-electron chi connectivity index (χ1n) is 9.16. The number of carbonyl (C=O) groups is 1. The molecule has 0 atom stereocenters. The van der Waals surface area contributed by atoms with E-state index >= 15 is 0 Å². The molecule has 0 aliphatic rings. The van der Waals surface area contributed by atoms with E-state index in [1.54, 1.807) is 18.2 Å². The molecule has 0 fully saturated rings. The molecule has 1 heterocycles. The van der Waals surface area contributed by atoms with Crippen molar-refractivity contribution in [3.63, 3.8) is 0 Å². The third kappa shape index (κ3) is 6.30. The zero-order chi connectivity index (χ0) is 21.6. The van der Waals surface area contributed by atoms with Gasteiger partial charge < -0.3 is 5.32 Å². The van der Waals surface area contributed by atoms with Crippen LogP contribution in [0.15, 0.2) is 65.8 Å². The first kappa shape index (κ1) is 21.8. The molecule has 1 aromatic heterocycles. The number of thioether (sulfide) groups is 1. The molecule has 3 rings (SSSR count). The first-order chi connectivity index (χ1) is 14.3. The number of nitrogens with one attached hydrogen (secondary N) is 2. The Bertz CT molecular complexity index is 1100. The lowest BCUT2D eigenvalue weighted by molar-refractivity contribution is -0.113. The zero-order valence-electron chi connectivity index (χ0n) is 16.6. The van der Waals surface area contributed by atoms with Crippen LogP contribution in [-0.4, -0.2) is 30.0 Å². The van der Waals surface area contributed by atoms with E-state index in [-0.39, 0.29) is 16.8 Å². The average molecular weight is 443 g/mol. The molecule has 0 saturated heterocycles. The number of sulfonamides is 1. The van der Waals surface area contributed by atoms with Crippen LogP contribution in [0, 0.1) is 13.8 Å². The van der Waals surface area contributed by atoms with Gasteiger partial charge in [0.2, 0.25) is 11.9 Å². The minimum Gasteiger partial charge on any atom is -0.325 e.